The van der Waals surface area contributed by atoms with Gasteiger partial charge in [0.2, 0.25) is 5.95 Å². The first kappa shape index (κ1) is 12.0. The number of nitrogens with zero attached hydrogens (tertiary/aromatic N) is 4. The maximum Gasteiger partial charge on any atom is 0.313 e. The number of rotatable bonds is 3. The minimum atomic E-state index is -1.12. The molecule has 1 aromatic carbocycles. The van der Waals surface area contributed by atoms with E-state index in [2.05, 4.69) is 25.5 Å². The Hall–Kier alpha value is -2.44. The van der Waals surface area contributed by atoms with Crippen LogP contribution in [0.15, 0.2) is 40.6 Å². The van der Waals surface area contributed by atoms with Crippen LogP contribution in [0.25, 0.3) is 0 Å². The van der Waals surface area contributed by atoms with E-state index in [1.54, 1.807) is 31.3 Å². The minimum absolute atomic E-state index is 0.0330. The number of nitrogens with one attached hydrogen (secondary N) is 1. The Labute approximate surface area is 102 Å². The van der Waals surface area contributed by atoms with E-state index < -0.39 is 12.0 Å². The van der Waals surface area contributed by atoms with Crippen molar-refractivity contribution >= 4 is 17.2 Å². The Morgan fingerprint density at radius 3 is 2.72 bits per heavy atom. The van der Waals surface area contributed by atoms with E-state index in [4.69, 9.17) is 0 Å². The first-order valence-electron chi connectivity index (χ1n) is 5.04. The Kier molecular flexibility index (Phi) is 3.52. The van der Waals surface area contributed by atoms with Gasteiger partial charge in [-0.1, -0.05) is 6.07 Å². The van der Waals surface area contributed by atoms with Crippen molar-refractivity contribution in [3.8, 4) is 0 Å². The smallest absolute Gasteiger partial charge is 0.313 e. The van der Waals surface area contributed by atoms with Gasteiger partial charge in [-0.05, 0) is 18.2 Å². The molecule has 1 N–H and O–H groups in total. The third-order valence-corrected chi connectivity index (χ3v) is 2.00. The van der Waals surface area contributed by atoms with Crippen molar-refractivity contribution in [2.24, 2.45) is 10.2 Å². The van der Waals surface area contributed by atoms with Gasteiger partial charge in [-0.25, -0.2) is 0 Å². The summed E-state index contributed by atoms with van der Waals surface area (Å²) in [7, 11) is 1.55. The zero-order valence-corrected chi connectivity index (χ0v) is 9.43. The largest absolute Gasteiger partial charge is 0.340 e. The SMILES string of the molecule is C/N=N/c1cccc(Nc2cc(F)nc(F)n2)c1. The van der Waals surface area contributed by atoms with Crippen LogP contribution in [0.2, 0.25) is 0 Å². The number of hydrogen-bond donors (Lipinski definition) is 1. The first-order valence-corrected chi connectivity index (χ1v) is 5.04. The van der Waals surface area contributed by atoms with E-state index in [-0.39, 0.29) is 5.82 Å². The number of aromatic nitrogens is 2. The topological polar surface area (TPSA) is 62.5 Å². The molecule has 2 rings (SSSR count). The van der Waals surface area contributed by atoms with Crippen LogP contribution in [0.5, 0.6) is 0 Å². The maximum atomic E-state index is 12.9. The molecule has 2 aromatic rings. The molecule has 0 bridgehead atoms. The van der Waals surface area contributed by atoms with Crippen molar-refractivity contribution in [3.63, 3.8) is 0 Å². The van der Waals surface area contributed by atoms with E-state index >= 15 is 0 Å². The summed E-state index contributed by atoms with van der Waals surface area (Å²) in [6.45, 7) is 0. The summed E-state index contributed by atoms with van der Waals surface area (Å²) in [6, 6.07) is 7.87. The average Bonchev–Trinajstić information content (AvgIpc) is 2.28. The van der Waals surface area contributed by atoms with Gasteiger partial charge in [0.05, 0.1) is 5.69 Å². The molecule has 92 valence electrons. The number of benzene rings is 1. The van der Waals surface area contributed by atoms with Gasteiger partial charge in [0.25, 0.3) is 0 Å². The van der Waals surface area contributed by atoms with E-state index in [1.807, 2.05) is 0 Å². The zero-order chi connectivity index (χ0) is 13.0. The van der Waals surface area contributed by atoms with Crippen LogP contribution in [-0.4, -0.2) is 17.0 Å². The van der Waals surface area contributed by atoms with Crippen LogP contribution in [0.3, 0.4) is 0 Å². The number of azo groups is 1. The van der Waals surface area contributed by atoms with Gasteiger partial charge in [-0.15, -0.1) is 0 Å². The highest BCUT2D eigenvalue weighted by atomic mass is 19.1. The number of hydrogen-bond acceptors (Lipinski definition) is 5. The van der Waals surface area contributed by atoms with E-state index in [1.165, 1.54) is 0 Å². The minimum Gasteiger partial charge on any atom is -0.340 e. The van der Waals surface area contributed by atoms with Crippen molar-refractivity contribution in [1.29, 1.82) is 0 Å². The second-order valence-corrected chi connectivity index (χ2v) is 3.32. The molecule has 0 spiro atoms. The molecule has 1 heterocycles. The molecule has 18 heavy (non-hydrogen) atoms. The summed E-state index contributed by atoms with van der Waals surface area (Å²) in [5.41, 5.74) is 1.22. The highest BCUT2D eigenvalue weighted by molar-refractivity contribution is 5.60. The molecule has 0 aliphatic rings. The quantitative estimate of drug-likeness (QED) is 0.516. The number of halogens is 2. The van der Waals surface area contributed by atoms with Crippen molar-refractivity contribution in [1.82, 2.24) is 9.97 Å². The molecular formula is C11H9F2N5. The van der Waals surface area contributed by atoms with E-state index in [9.17, 15) is 8.78 Å². The number of anilines is 2. The molecule has 0 unspecified atom stereocenters. The lowest BCUT2D eigenvalue weighted by molar-refractivity contribution is 0.485. The summed E-state index contributed by atoms with van der Waals surface area (Å²) >= 11 is 0. The monoisotopic (exact) mass is 249 g/mol. The Bertz CT molecular complexity index is 565. The molecule has 0 aliphatic carbocycles. The second-order valence-electron chi connectivity index (χ2n) is 3.32. The van der Waals surface area contributed by atoms with Crippen LogP contribution in [0.1, 0.15) is 0 Å². The van der Waals surface area contributed by atoms with Crippen LogP contribution >= 0.6 is 0 Å². The van der Waals surface area contributed by atoms with Crippen LogP contribution in [0, 0.1) is 12.0 Å². The summed E-state index contributed by atoms with van der Waals surface area (Å²) in [6.07, 6.45) is -1.12. The second kappa shape index (κ2) is 5.26. The molecule has 1 aromatic heterocycles. The standard InChI is InChI=1S/C11H9F2N5/c1-14-18-8-4-2-3-7(5-8)15-10-6-9(12)16-11(13)17-10/h2-6H,1H3,(H,15,16,17)/b18-14+. The lowest BCUT2D eigenvalue weighted by Crippen LogP contribution is -1.99. The van der Waals surface area contributed by atoms with Gasteiger partial charge < -0.3 is 5.32 Å². The fourth-order valence-electron chi connectivity index (χ4n) is 1.36. The summed E-state index contributed by atoms with van der Waals surface area (Å²) in [5, 5.41) is 10.2. The average molecular weight is 249 g/mol. The van der Waals surface area contributed by atoms with Gasteiger partial charge in [0, 0.05) is 18.8 Å². The fourth-order valence-corrected chi connectivity index (χ4v) is 1.36. The summed E-state index contributed by atoms with van der Waals surface area (Å²) < 4.78 is 25.7. The Morgan fingerprint density at radius 1 is 1.17 bits per heavy atom. The molecule has 0 atom stereocenters. The highest BCUT2D eigenvalue weighted by Gasteiger charge is 2.04. The van der Waals surface area contributed by atoms with Gasteiger partial charge >= 0.3 is 6.08 Å². The summed E-state index contributed by atoms with van der Waals surface area (Å²) in [4.78, 5) is 6.33. The molecule has 0 amide bonds. The maximum absolute atomic E-state index is 12.9. The van der Waals surface area contributed by atoms with Gasteiger partial charge in [0.1, 0.15) is 5.82 Å². The molecule has 7 heteroatoms. The normalized spacial score (nSPS) is 10.8. The molecule has 0 saturated carbocycles. The van der Waals surface area contributed by atoms with E-state index in [0.29, 0.717) is 11.4 Å². The molecular weight excluding hydrogens is 240 g/mol. The first-order chi connectivity index (χ1) is 8.67. The van der Waals surface area contributed by atoms with Crippen LogP contribution in [-0.2, 0) is 0 Å². The van der Waals surface area contributed by atoms with Crippen LogP contribution < -0.4 is 5.32 Å². The lowest BCUT2D eigenvalue weighted by atomic mass is 10.3. The molecule has 5 nitrogen and oxygen atoms in total. The Balaban J connectivity index is 2.25. The highest BCUT2D eigenvalue weighted by Crippen LogP contribution is 2.21. The Morgan fingerprint density at radius 2 is 2.00 bits per heavy atom. The third-order valence-electron chi connectivity index (χ3n) is 2.00. The third kappa shape index (κ3) is 3.03. The van der Waals surface area contributed by atoms with Crippen molar-refractivity contribution in [2.45, 2.75) is 0 Å². The summed E-state index contributed by atoms with van der Waals surface area (Å²) in [5.74, 6) is -0.903. The molecule has 0 radical (unpaired) electrons. The lowest BCUT2D eigenvalue weighted by Gasteiger charge is -2.05. The van der Waals surface area contributed by atoms with Crippen molar-refractivity contribution < 1.29 is 8.78 Å². The van der Waals surface area contributed by atoms with Gasteiger partial charge in [0.15, 0.2) is 0 Å². The predicted octanol–water partition coefficient (Wildman–Crippen LogP) is 3.21. The van der Waals surface area contributed by atoms with Crippen molar-refractivity contribution in [2.75, 3.05) is 12.4 Å². The van der Waals surface area contributed by atoms with Gasteiger partial charge in [-0.2, -0.15) is 29.0 Å². The molecule has 0 saturated heterocycles. The zero-order valence-electron chi connectivity index (χ0n) is 9.43. The van der Waals surface area contributed by atoms with E-state index in [0.717, 1.165) is 6.07 Å². The fraction of sp³-hybridized carbons (Fsp3) is 0.0909. The molecule has 0 fully saturated rings. The van der Waals surface area contributed by atoms with Gasteiger partial charge in [-0.3, -0.25) is 0 Å². The van der Waals surface area contributed by atoms with Crippen LogP contribution in [0.4, 0.5) is 26.0 Å². The molecule has 0 aliphatic heterocycles. The predicted molar refractivity (Wildman–Crippen MR) is 62.1 cm³/mol. The van der Waals surface area contributed by atoms with Crippen molar-refractivity contribution in [3.05, 3.63) is 42.4 Å².